The molecule has 0 saturated heterocycles. The van der Waals surface area contributed by atoms with E-state index >= 15 is 0 Å². The first-order valence-corrected chi connectivity index (χ1v) is 7.99. The summed E-state index contributed by atoms with van der Waals surface area (Å²) < 4.78 is 16.8. The number of carbonyl (C=O) groups is 1. The van der Waals surface area contributed by atoms with E-state index in [1.807, 2.05) is 38.1 Å². The molecule has 0 atom stereocenters. The van der Waals surface area contributed by atoms with Crippen molar-refractivity contribution in [2.75, 3.05) is 20.3 Å². The topological polar surface area (TPSA) is 56.8 Å². The molecule has 1 N–H and O–H groups in total. The number of ether oxygens (including phenoxy) is 3. The Morgan fingerprint density at radius 3 is 2.42 bits per heavy atom. The lowest BCUT2D eigenvalue weighted by atomic mass is 10.1. The van der Waals surface area contributed by atoms with Crippen molar-refractivity contribution in [1.82, 2.24) is 5.32 Å². The highest BCUT2D eigenvalue weighted by Gasteiger charge is 2.12. The van der Waals surface area contributed by atoms with Gasteiger partial charge in [0, 0.05) is 17.7 Å². The van der Waals surface area contributed by atoms with Crippen LogP contribution in [0, 0.1) is 0 Å². The Bertz CT molecular complexity index is 685. The van der Waals surface area contributed by atoms with Gasteiger partial charge in [0.15, 0.2) is 11.5 Å². The van der Waals surface area contributed by atoms with Crippen LogP contribution in [0.5, 0.6) is 17.2 Å². The Morgan fingerprint density at radius 2 is 1.75 bits per heavy atom. The van der Waals surface area contributed by atoms with Crippen molar-refractivity contribution in [1.29, 1.82) is 0 Å². The van der Waals surface area contributed by atoms with Gasteiger partial charge in [0.25, 0.3) is 5.91 Å². The normalized spacial score (nSPS) is 10.1. The Labute approximate surface area is 142 Å². The molecule has 2 rings (SSSR count). The monoisotopic (exact) mass is 329 g/mol. The van der Waals surface area contributed by atoms with Gasteiger partial charge < -0.3 is 19.5 Å². The van der Waals surface area contributed by atoms with E-state index in [1.165, 1.54) is 0 Å². The van der Waals surface area contributed by atoms with Crippen molar-refractivity contribution >= 4 is 5.91 Å². The van der Waals surface area contributed by atoms with Crippen LogP contribution in [0.1, 0.15) is 29.8 Å². The molecule has 1 amide bonds. The zero-order chi connectivity index (χ0) is 17.4. The van der Waals surface area contributed by atoms with Crippen LogP contribution in [0.4, 0.5) is 0 Å². The van der Waals surface area contributed by atoms with Crippen LogP contribution in [-0.4, -0.2) is 26.2 Å². The third-order valence-corrected chi connectivity index (χ3v) is 3.41. The Hall–Kier alpha value is -2.69. The van der Waals surface area contributed by atoms with E-state index in [0.717, 1.165) is 5.56 Å². The molecule has 128 valence electrons. The van der Waals surface area contributed by atoms with Crippen molar-refractivity contribution in [2.24, 2.45) is 0 Å². The summed E-state index contributed by atoms with van der Waals surface area (Å²) in [5.41, 5.74) is 1.39. The molecular formula is C19H23NO4. The summed E-state index contributed by atoms with van der Waals surface area (Å²) in [4.78, 5) is 12.0. The van der Waals surface area contributed by atoms with E-state index in [1.54, 1.807) is 25.3 Å². The highest BCUT2D eigenvalue weighted by molar-refractivity contribution is 5.94. The highest BCUT2D eigenvalue weighted by Crippen LogP contribution is 2.28. The van der Waals surface area contributed by atoms with Gasteiger partial charge in [0.2, 0.25) is 0 Å². The summed E-state index contributed by atoms with van der Waals surface area (Å²) in [7, 11) is 1.60. The fourth-order valence-corrected chi connectivity index (χ4v) is 2.29. The van der Waals surface area contributed by atoms with Crippen LogP contribution < -0.4 is 19.5 Å². The van der Waals surface area contributed by atoms with Gasteiger partial charge >= 0.3 is 0 Å². The molecule has 0 aliphatic heterocycles. The molecule has 0 spiro atoms. The average Bonchev–Trinajstić information content (AvgIpc) is 2.61. The summed E-state index contributed by atoms with van der Waals surface area (Å²) in [6.45, 7) is 5.21. The van der Waals surface area contributed by atoms with Gasteiger partial charge in [-0.05, 0) is 44.2 Å². The predicted octanol–water partition coefficient (Wildman–Crippen LogP) is 3.42. The number of hydrogen-bond acceptors (Lipinski definition) is 4. The fourth-order valence-electron chi connectivity index (χ4n) is 2.29. The molecule has 0 radical (unpaired) electrons. The Kier molecular flexibility index (Phi) is 6.49. The average molecular weight is 329 g/mol. The first-order chi connectivity index (χ1) is 11.7. The molecule has 0 saturated carbocycles. The van der Waals surface area contributed by atoms with Crippen molar-refractivity contribution in [3.05, 3.63) is 53.6 Å². The van der Waals surface area contributed by atoms with Gasteiger partial charge in [-0.1, -0.05) is 12.1 Å². The molecule has 0 aromatic heterocycles. The van der Waals surface area contributed by atoms with Crippen molar-refractivity contribution in [3.8, 4) is 17.2 Å². The largest absolute Gasteiger partial charge is 0.493 e. The molecule has 0 fully saturated rings. The lowest BCUT2D eigenvalue weighted by Gasteiger charge is -2.14. The Balaban J connectivity index is 2.22. The van der Waals surface area contributed by atoms with Crippen LogP contribution in [-0.2, 0) is 6.61 Å². The minimum Gasteiger partial charge on any atom is -0.493 e. The van der Waals surface area contributed by atoms with Crippen LogP contribution in [0.25, 0.3) is 0 Å². The number of para-hydroxylation sites is 2. The molecule has 0 unspecified atom stereocenters. The van der Waals surface area contributed by atoms with Crippen LogP contribution in [0.2, 0.25) is 0 Å². The van der Waals surface area contributed by atoms with E-state index in [-0.39, 0.29) is 12.5 Å². The number of nitrogens with one attached hydrogen (secondary N) is 1. The van der Waals surface area contributed by atoms with Gasteiger partial charge in [-0.2, -0.15) is 0 Å². The number of rotatable bonds is 8. The van der Waals surface area contributed by atoms with Crippen molar-refractivity contribution < 1.29 is 19.0 Å². The third kappa shape index (κ3) is 4.41. The van der Waals surface area contributed by atoms with E-state index in [9.17, 15) is 4.79 Å². The molecule has 0 aliphatic carbocycles. The summed E-state index contributed by atoms with van der Waals surface area (Å²) in [6.07, 6.45) is 0. The molecule has 0 heterocycles. The van der Waals surface area contributed by atoms with E-state index in [0.29, 0.717) is 36.0 Å². The maximum atomic E-state index is 12.0. The van der Waals surface area contributed by atoms with Crippen molar-refractivity contribution in [2.45, 2.75) is 20.5 Å². The second kappa shape index (κ2) is 8.82. The quantitative estimate of drug-likeness (QED) is 0.806. The van der Waals surface area contributed by atoms with Crippen LogP contribution in [0.3, 0.4) is 0 Å². The fraction of sp³-hybridized carbons (Fsp3) is 0.316. The maximum Gasteiger partial charge on any atom is 0.251 e. The summed E-state index contributed by atoms with van der Waals surface area (Å²) in [5.74, 6) is 1.90. The lowest BCUT2D eigenvalue weighted by molar-refractivity contribution is 0.0955. The maximum absolute atomic E-state index is 12.0. The van der Waals surface area contributed by atoms with Gasteiger partial charge in [-0.25, -0.2) is 0 Å². The third-order valence-electron chi connectivity index (χ3n) is 3.41. The van der Waals surface area contributed by atoms with Crippen molar-refractivity contribution in [3.63, 3.8) is 0 Å². The number of amides is 1. The summed E-state index contributed by atoms with van der Waals surface area (Å²) in [5, 5.41) is 2.79. The van der Waals surface area contributed by atoms with Gasteiger partial charge in [0.1, 0.15) is 12.4 Å². The van der Waals surface area contributed by atoms with Gasteiger partial charge in [0.05, 0.1) is 13.7 Å². The summed E-state index contributed by atoms with van der Waals surface area (Å²) >= 11 is 0. The second-order valence-electron chi connectivity index (χ2n) is 5.05. The molecule has 0 bridgehead atoms. The standard InChI is InChI=1S/C19H23NO4/c1-4-20-19(21)14-10-11-16(23-5-2)15(12-14)13-24-18-9-7-6-8-17(18)22-3/h6-12H,4-5,13H2,1-3H3,(H,20,21). The van der Waals surface area contributed by atoms with Gasteiger partial charge in [-0.15, -0.1) is 0 Å². The molecule has 24 heavy (non-hydrogen) atoms. The smallest absolute Gasteiger partial charge is 0.251 e. The lowest BCUT2D eigenvalue weighted by Crippen LogP contribution is -2.22. The molecule has 5 nitrogen and oxygen atoms in total. The number of hydrogen-bond donors (Lipinski definition) is 1. The first kappa shape index (κ1) is 17.7. The minimum absolute atomic E-state index is 0.112. The molecular weight excluding hydrogens is 306 g/mol. The second-order valence-corrected chi connectivity index (χ2v) is 5.05. The summed E-state index contributed by atoms with van der Waals surface area (Å²) in [6, 6.07) is 12.8. The Morgan fingerprint density at radius 1 is 1.00 bits per heavy atom. The van der Waals surface area contributed by atoms with E-state index < -0.39 is 0 Å². The SMILES string of the molecule is CCNC(=O)c1ccc(OCC)c(COc2ccccc2OC)c1. The van der Waals surface area contributed by atoms with E-state index in [2.05, 4.69) is 5.32 Å². The molecule has 2 aromatic rings. The molecule has 0 aliphatic rings. The highest BCUT2D eigenvalue weighted by atomic mass is 16.5. The zero-order valence-corrected chi connectivity index (χ0v) is 14.3. The number of carbonyl (C=O) groups excluding carboxylic acids is 1. The first-order valence-electron chi connectivity index (χ1n) is 7.99. The molecule has 2 aromatic carbocycles. The minimum atomic E-state index is -0.112. The van der Waals surface area contributed by atoms with Crippen LogP contribution in [0.15, 0.2) is 42.5 Å². The number of methoxy groups -OCH3 is 1. The predicted molar refractivity (Wildman–Crippen MR) is 92.9 cm³/mol. The van der Waals surface area contributed by atoms with Crippen LogP contribution >= 0.6 is 0 Å². The molecule has 5 heteroatoms. The van der Waals surface area contributed by atoms with Gasteiger partial charge in [-0.3, -0.25) is 4.79 Å². The zero-order valence-electron chi connectivity index (χ0n) is 14.3. The number of benzene rings is 2. The van der Waals surface area contributed by atoms with E-state index in [4.69, 9.17) is 14.2 Å².